The highest BCUT2D eigenvalue weighted by molar-refractivity contribution is 5.99. The molecular weight excluding hydrogens is 243 g/mol. The number of benzene rings is 1. The summed E-state index contributed by atoms with van der Waals surface area (Å²) < 4.78 is 13.8. The van der Waals surface area contributed by atoms with Gasteiger partial charge in [0.2, 0.25) is 0 Å². The molecule has 1 amide bonds. The molecule has 3 nitrogen and oxygen atoms in total. The molecule has 1 aromatic carbocycles. The third kappa shape index (κ3) is 4.23. The monoisotopic (exact) mass is 266 g/mol. The fourth-order valence-corrected chi connectivity index (χ4v) is 1.97. The van der Waals surface area contributed by atoms with E-state index in [4.69, 9.17) is 0 Å². The molecule has 0 unspecified atom stereocenters. The molecule has 106 valence electrons. The lowest BCUT2D eigenvalue weighted by Gasteiger charge is -2.21. The van der Waals surface area contributed by atoms with Gasteiger partial charge in [-0.3, -0.25) is 4.79 Å². The molecule has 0 aliphatic carbocycles. The minimum Gasteiger partial charge on any atom is -0.382 e. The lowest BCUT2D eigenvalue weighted by atomic mass is 10.1. The first-order valence-electron chi connectivity index (χ1n) is 6.75. The van der Waals surface area contributed by atoms with Crippen LogP contribution in [0.2, 0.25) is 0 Å². The molecular formula is C15H23FN2O. The Bertz CT molecular complexity index is 432. The number of hydrogen-bond acceptors (Lipinski definition) is 2. The molecule has 19 heavy (non-hydrogen) atoms. The van der Waals surface area contributed by atoms with Crippen molar-refractivity contribution in [1.82, 2.24) is 4.90 Å². The van der Waals surface area contributed by atoms with Crippen molar-refractivity contribution in [2.45, 2.75) is 27.2 Å². The van der Waals surface area contributed by atoms with E-state index in [1.54, 1.807) is 24.1 Å². The SMILES string of the molecule is CCCNc1c(F)cccc1C(=O)N(C)CC(C)C. The van der Waals surface area contributed by atoms with Crippen molar-refractivity contribution < 1.29 is 9.18 Å². The van der Waals surface area contributed by atoms with E-state index in [1.165, 1.54) is 6.07 Å². The van der Waals surface area contributed by atoms with Crippen LogP contribution in [-0.4, -0.2) is 30.9 Å². The van der Waals surface area contributed by atoms with Crippen LogP contribution in [0.15, 0.2) is 18.2 Å². The first kappa shape index (κ1) is 15.5. The van der Waals surface area contributed by atoms with Gasteiger partial charge in [-0.2, -0.15) is 0 Å². The van der Waals surface area contributed by atoms with E-state index >= 15 is 0 Å². The van der Waals surface area contributed by atoms with Crippen molar-refractivity contribution in [2.75, 3.05) is 25.5 Å². The van der Waals surface area contributed by atoms with Crippen molar-refractivity contribution in [3.05, 3.63) is 29.6 Å². The summed E-state index contributed by atoms with van der Waals surface area (Å²) in [5, 5.41) is 3.00. The van der Waals surface area contributed by atoms with E-state index < -0.39 is 0 Å². The van der Waals surface area contributed by atoms with Gasteiger partial charge in [0.05, 0.1) is 11.3 Å². The van der Waals surface area contributed by atoms with E-state index in [-0.39, 0.29) is 11.7 Å². The number of hydrogen-bond donors (Lipinski definition) is 1. The number of nitrogens with one attached hydrogen (secondary N) is 1. The topological polar surface area (TPSA) is 32.3 Å². The van der Waals surface area contributed by atoms with Gasteiger partial charge in [-0.25, -0.2) is 4.39 Å². The van der Waals surface area contributed by atoms with Gasteiger partial charge in [0, 0.05) is 20.1 Å². The van der Waals surface area contributed by atoms with E-state index in [9.17, 15) is 9.18 Å². The highest BCUT2D eigenvalue weighted by Gasteiger charge is 2.18. The van der Waals surface area contributed by atoms with Gasteiger partial charge in [0.1, 0.15) is 5.82 Å². The summed E-state index contributed by atoms with van der Waals surface area (Å²) in [6, 6.07) is 4.61. The van der Waals surface area contributed by atoms with E-state index in [2.05, 4.69) is 5.32 Å². The van der Waals surface area contributed by atoms with Gasteiger partial charge in [0.15, 0.2) is 0 Å². The van der Waals surface area contributed by atoms with Gasteiger partial charge in [-0.15, -0.1) is 0 Å². The first-order valence-corrected chi connectivity index (χ1v) is 6.75. The predicted molar refractivity (Wildman–Crippen MR) is 77.0 cm³/mol. The molecule has 0 aromatic heterocycles. The lowest BCUT2D eigenvalue weighted by molar-refractivity contribution is 0.0779. The van der Waals surface area contributed by atoms with Gasteiger partial charge in [-0.1, -0.05) is 26.8 Å². The van der Waals surface area contributed by atoms with Crippen molar-refractivity contribution in [3.63, 3.8) is 0 Å². The highest BCUT2D eigenvalue weighted by atomic mass is 19.1. The maximum absolute atomic E-state index is 13.8. The molecule has 0 bridgehead atoms. The number of carbonyl (C=O) groups is 1. The predicted octanol–water partition coefficient (Wildman–Crippen LogP) is 3.38. The van der Waals surface area contributed by atoms with Crippen molar-refractivity contribution in [3.8, 4) is 0 Å². The first-order chi connectivity index (χ1) is 8.97. The Labute approximate surface area is 114 Å². The van der Waals surface area contributed by atoms with Gasteiger partial charge >= 0.3 is 0 Å². The van der Waals surface area contributed by atoms with Crippen LogP contribution in [0.1, 0.15) is 37.6 Å². The molecule has 4 heteroatoms. The summed E-state index contributed by atoms with van der Waals surface area (Å²) in [6.07, 6.45) is 0.879. The Morgan fingerprint density at radius 3 is 2.68 bits per heavy atom. The molecule has 0 fully saturated rings. The summed E-state index contributed by atoms with van der Waals surface area (Å²) in [4.78, 5) is 14.0. The van der Waals surface area contributed by atoms with Crippen LogP contribution in [0, 0.1) is 11.7 Å². The third-order valence-electron chi connectivity index (χ3n) is 2.78. The van der Waals surface area contributed by atoms with Crippen molar-refractivity contribution in [1.29, 1.82) is 0 Å². The summed E-state index contributed by atoms with van der Waals surface area (Å²) in [6.45, 7) is 7.40. The zero-order chi connectivity index (χ0) is 14.4. The number of para-hydroxylation sites is 1. The summed E-state index contributed by atoms with van der Waals surface area (Å²) in [5.74, 6) is -0.140. The molecule has 0 radical (unpaired) electrons. The third-order valence-corrected chi connectivity index (χ3v) is 2.78. The Balaban J connectivity index is 2.98. The molecule has 1 rings (SSSR count). The molecule has 0 aliphatic heterocycles. The minimum absolute atomic E-state index is 0.146. The second kappa shape index (κ2) is 7.12. The number of carbonyl (C=O) groups excluding carboxylic acids is 1. The number of rotatable bonds is 6. The quantitative estimate of drug-likeness (QED) is 0.856. The van der Waals surface area contributed by atoms with Crippen molar-refractivity contribution in [2.24, 2.45) is 5.92 Å². The molecule has 0 aliphatic rings. The largest absolute Gasteiger partial charge is 0.382 e. The number of halogens is 1. The number of amides is 1. The lowest BCUT2D eigenvalue weighted by Crippen LogP contribution is -2.31. The Kier molecular flexibility index (Phi) is 5.80. The normalized spacial score (nSPS) is 10.6. The van der Waals surface area contributed by atoms with Crippen LogP contribution < -0.4 is 5.32 Å². The second-order valence-electron chi connectivity index (χ2n) is 5.17. The molecule has 0 saturated heterocycles. The fourth-order valence-electron chi connectivity index (χ4n) is 1.97. The standard InChI is InChI=1S/C15H23FN2O/c1-5-9-17-14-12(7-6-8-13(14)16)15(19)18(4)10-11(2)3/h6-8,11,17H,5,9-10H2,1-4H3. The second-order valence-corrected chi connectivity index (χ2v) is 5.17. The van der Waals surface area contributed by atoms with Crippen LogP contribution in [0.25, 0.3) is 0 Å². The molecule has 1 aromatic rings. The minimum atomic E-state index is -0.378. The smallest absolute Gasteiger partial charge is 0.255 e. The summed E-state index contributed by atoms with van der Waals surface area (Å²) in [7, 11) is 1.75. The van der Waals surface area contributed by atoms with Crippen LogP contribution in [0.5, 0.6) is 0 Å². The summed E-state index contributed by atoms with van der Waals surface area (Å²) >= 11 is 0. The van der Waals surface area contributed by atoms with Gasteiger partial charge in [0.25, 0.3) is 5.91 Å². The Morgan fingerprint density at radius 2 is 2.11 bits per heavy atom. The maximum atomic E-state index is 13.8. The molecule has 0 saturated carbocycles. The Morgan fingerprint density at radius 1 is 1.42 bits per heavy atom. The fraction of sp³-hybridized carbons (Fsp3) is 0.533. The van der Waals surface area contributed by atoms with Crippen LogP contribution in [0.3, 0.4) is 0 Å². The molecule has 1 N–H and O–H groups in total. The van der Waals surface area contributed by atoms with E-state index in [0.717, 1.165) is 6.42 Å². The van der Waals surface area contributed by atoms with Gasteiger partial charge in [-0.05, 0) is 24.5 Å². The molecule has 0 spiro atoms. The van der Waals surface area contributed by atoms with Crippen molar-refractivity contribution >= 4 is 11.6 Å². The highest BCUT2D eigenvalue weighted by Crippen LogP contribution is 2.21. The van der Waals surface area contributed by atoms with Gasteiger partial charge < -0.3 is 10.2 Å². The number of anilines is 1. The van der Waals surface area contributed by atoms with E-state index in [0.29, 0.717) is 30.3 Å². The average Bonchev–Trinajstić information content (AvgIpc) is 2.35. The zero-order valence-electron chi connectivity index (χ0n) is 12.2. The van der Waals surface area contributed by atoms with Crippen LogP contribution in [0.4, 0.5) is 10.1 Å². The number of nitrogens with zero attached hydrogens (tertiary/aromatic N) is 1. The average molecular weight is 266 g/mol. The molecule has 0 heterocycles. The maximum Gasteiger partial charge on any atom is 0.255 e. The zero-order valence-corrected chi connectivity index (χ0v) is 12.2. The molecule has 0 atom stereocenters. The summed E-state index contributed by atoms with van der Waals surface area (Å²) in [5.41, 5.74) is 0.710. The van der Waals surface area contributed by atoms with E-state index in [1.807, 2.05) is 20.8 Å². The van der Waals surface area contributed by atoms with Crippen LogP contribution in [-0.2, 0) is 0 Å². The van der Waals surface area contributed by atoms with Crippen LogP contribution >= 0.6 is 0 Å². The Hall–Kier alpha value is -1.58.